The third kappa shape index (κ3) is 3.59. The lowest BCUT2D eigenvalue weighted by Crippen LogP contribution is -2.39. The van der Waals surface area contributed by atoms with Crippen molar-refractivity contribution < 1.29 is 24.5 Å². The molecule has 0 aliphatic carbocycles. The number of hydrogen-bond acceptors (Lipinski definition) is 5. The van der Waals surface area contributed by atoms with Crippen LogP contribution < -0.4 is 0 Å². The van der Waals surface area contributed by atoms with E-state index in [1.165, 1.54) is 4.90 Å². The SMILES string of the molecule is C[C@@H]1CC(C(=O)OO)CN1C(=O)OC(C)(C)C. The van der Waals surface area contributed by atoms with E-state index in [0.29, 0.717) is 6.42 Å². The smallest absolute Gasteiger partial charge is 0.410 e. The lowest BCUT2D eigenvalue weighted by molar-refractivity contribution is -0.238. The van der Waals surface area contributed by atoms with Crippen molar-refractivity contribution in [3.05, 3.63) is 0 Å². The van der Waals surface area contributed by atoms with E-state index in [9.17, 15) is 9.59 Å². The van der Waals surface area contributed by atoms with Crippen molar-refractivity contribution >= 4 is 12.1 Å². The molecule has 1 rings (SSSR count). The van der Waals surface area contributed by atoms with E-state index in [4.69, 9.17) is 9.99 Å². The van der Waals surface area contributed by atoms with Gasteiger partial charge >= 0.3 is 12.1 Å². The van der Waals surface area contributed by atoms with Gasteiger partial charge in [0.05, 0.1) is 5.92 Å². The number of likely N-dealkylation sites (tertiary alicyclic amines) is 1. The summed E-state index contributed by atoms with van der Waals surface area (Å²) in [6, 6.07) is -0.103. The minimum Gasteiger partial charge on any atom is -0.444 e. The minimum absolute atomic E-state index is 0.103. The first kappa shape index (κ1) is 13.8. The largest absolute Gasteiger partial charge is 0.444 e. The summed E-state index contributed by atoms with van der Waals surface area (Å²) in [4.78, 5) is 28.2. The lowest BCUT2D eigenvalue weighted by atomic mass is 10.1. The molecule has 6 heteroatoms. The molecule has 2 atom stereocenters. The summed E-state index contributed by atoms with van der Waals surface area (Å²) >= 11 is 0. The van der Waals surface area contributed by atoms with Gasteiger partial charge in [-0.3, -0.25) is 0 Å². The van der Waals surface area contributed by atoms with E-state index in [1.807, 2.05) is 6.92 Å². The molecule has 0 bridgehead atoms. The average molecular weight is 245 g/mol. The molecule has 1 saturated heterocycles. The molecule has 0 aromatic rings. The van der Waals surface area contributed by atoms with Crippen LogP contribution in [0.25, 0.3) is 0 Å². The quantitative estimate of drug-likeness (QED) is 0.561. The van der Waals surface area contributed by atoms with Gasteiger partial charge in [-0.25, -0.2) is 9.59 Å². The fourth-order valence-electron chi connectivity index (χ4n) is 1.85. The summed E-state index contributed by atoms with van der Waals surface area (Å²) in [7, 11) is 0. The van der Waals surface area contributed by atoms with Gasteiger partial charge in [-0.05, 0) is 34.1 Å². The normalized spacial score (nSPS) is 24.6. The van der Waals surface area contributed by atoms with Crippen molar-refractivity contribution in [2.24, 2.45) is 5.92 Å². The second-order valence-electron chi connectivity index (χ2n) is 5.32. The van der Waals surface area contributed by atoms with Gasteiger partial charge in [0, 0.05) is 12.6 Å². The average Bonchev–Trinajstić information content (AvgIpc) is 2.56. The number of nitrogens with zero attached hydrogens (tertiary/aromatic N) is 1. The summed E-state index contributed by atoms with van der Waals surface area (Å²) in [6.07, 6.45) is 0.0248. The fourth-order valence-corrected chi connectivity index (χ4v) is 1.85. The van der Waals surface area contributed by atoms with Gasteiger partial charge < -0.3 is 14.5 Å². The lowest BCUT2D eigenvalue weighted by Gasteiger charge is -2.26. The van der Waals surface area contributed by atoms with Gasteiger partial charge in [-0.2, -0.15) is 5.26 Å². The van der Waals surface area contributed by atoms with Crippen molar-refractivity contribution in [1.29, 1.82) is 0 Å². The minimum atomic E-state index is -0.706. The van der Waals surface area contributed by atoms with Crippen molar-refractivity contribution in [3.8, 4) is 0 Å². The van der Waals surface area contributed by atoms with Crippen LogP contribution in [0.2, 0.25) is 0 Å². The van der Waals surface area contributed by atoms with Crippen molar-refractivity contribution in [2.75, 3.05) is 6.54 Å². The third-order valence-corrected chi connectivity index (χ3v) is 2.63. The van der Waals surface area contributed by atoms with Crippen LogP contribution in [0.4, 0.5) is 4.79 Å². The van der Waals surface area contributed by atoms with Crippen LogP contribution in [0.3, 0.4) is 0 Å². The van der Waals surface area contributed by atoms with Gasteiger partial charge in [0.15, 0.2) is 0 Å². The van der Waals surface area contributed by atoms with Gasteiger partial charge in [-0.15, -0.1) is 0 Å². The molecule has 1 N–H and O–H groups in total. The Hall–Kier alpha value is -1.30. The molecule has 17 heavy (non-hydrogen) atoms. The zero-order chi connectivity index (χ0) is 13.2. The predicted octanol–water partition coefficient (Wildman–Crippen LogP) is 1.65. The second kappa shape index (κ2) is 4.91. The zero-order valence-corrected chi connectivity index (χ0v) is 10.6. The molecule has 1 amide bonds. The molecular weight excluding hydrogens is 226 g/mol. The summed E-state index contributed by atoms with van der Waals surface area (Å²) in [5.41, 5.74) is -0.563. The Labute approximate surface area is 100 Å². The highest BCUT2D eigenvalue weighted by Gasteiger charge is 2.39. The van der Waals surface area contributed by atoms with E-state index in [0.717, 1.165) is 0 Å². The molecule has 1 fully saturated rings. The second-order valence-corrected chi connectivity index (χ2v) is 5.32. The first-order valence-corrected chi connectivity index (χ1v) is 5.59. The standard InChI is InChI=1S/C11H19NO5/c1-7-5-8(9(13)17-15)6-12(7)10(14)16-11(2,3)4/h7-8,15H,5-6H2,1-4H3/t7-,8?/m1/s1. The third-order valence-electron chi connectivity index (χ3n) is 2.63. The first-order valence-electron chi connectivity index (χ1n) is 5.59. The molecule has 1 aliphatic rings. The van der Waals surface area contributed by atoms with E-state index in [2.05, 4.69) is 4.89 Å². The van der Waals surface area contributed by atoms with Crippen molar-refractivity contribution in [1.82, 2.24) is 4.90 Å². The van der Waals surface area contributed by atoms with Gasteiger partial charge in [0.25, 0.3) is 0 Å². The molecule has 1 aliphatic heterocycles. The molecule has 0 saturated carbocycles. The van der Waals surface area contributed by atoms with Crippen LogP contribution in [0.5, 0.6) is 0 Å². The van der Waals surface area contributed by atoms with Crippen LogP contribution in [0.15, 0.2) is 0 Å². The summed E-state index contributed by atoms with van der Waals surface area (Å²) in [6.45, 7) is 7.39. The van der Waals surface area contributed by atoms with Gasteiger partial charge in [0.1, 0.15) is 5.60 Å². The highest BCUT2D eigenvalue weighted by molar-refractivity contribution is 5.75. The van der Waals surface area contributed by atoms with Crippen LogP contribution in [-0.2, 0) is 14.4 Å². The number of carbonyl (C=O) groups is 2. The topological polar surface area (TPSA) is 76.1 Å². The molecule has 0 spiro atoms. The van der Waals surface area contributed by atoms with E-state index < -0.39 is 23.6 Å². The van der Waals surface area contributed by atoms with Crippen LogP contribution in [0, 0.1) is 5.92 Å². The van der Waals surface area contributed by atoms with Crippen LogP contribution in [0.1, 0.15) is 34.1 Å². The van der Waals surface area contributed by atoms with Gasteiger partial charge in [-0.1, -0.05) is 0 Å². The molecule has 0 aromatic heterocycles. The van der Waals surface area contributed by atoms with E-state index in [-0.39, 0.29) is 12.6 Å². The Morgan fingerprint density at radius 1 is 1.35 bits per heavy atom. The summed E-state index contributed by atoms with van der Waals surface area (Å²) < 4.78 is 5.23. The molecule has 0 aromatic carbocycles. The molecule has 0 radical (unpaired) electrons. The van der Waals surface area contributed by atoms with Crippen LogP contribution >= 0.6 is 0 Å². The van der Waals surface area contributed by atoms with Crippen LogP contribution in [-0.4, -0.2) is 40.4 Å². The highest BCUT2D eigenvalue weighted by atomic mass is 17.1. The fraction of sp³-hybridized carbons (Fsp3) is 0.818. The summed E-state index contributed by atoms with van der Waals surface area (Å²) in [5, 5.41) is 8.31. The summed E-state index contributed by atoms with van der Waals surface area (Å²) in [5.74, 6) is -1.19. The Bertz CT molecular complexity index is 309. The molecular formula is C11H19NO5. The Morgan fingerprint density at radius 3 is 2.41 bits per heavy atom. The van der Waals surface area contributed by atoms with Gasteiger partial charge in [0.2, 0.25) is 0 Å². The number of ether oxygens (including phenoxy) is 1. The Morgan fingerprint density at radius 2 is 1.94 bits per heavy atom. The first-order chi connectivity index (χ1) is 7.74. The monoisotopic (exact) mass is 245 g/mol. The maximum atomic E-state index is 11.8. The molecule has 98 valence electrons. The van der Waals surface area contributed by atoms with Crippen molar-refractivity contribution in [2.45, 2.75) is 45.8 Å². The maximum Gasteiger partial charge on any atom is 0.410 e. The predicted molar refractivity (Wildman–Crippen MR) is 59.2 cm³/mol. The molecule has 1 unspecified atom stereocenters. The number of hydrogen-bond donors (Lipinski definition) is 1. The maximum absolute atomic E-state index is 11.8. The zero-order valence-electron chi connectivity index (χ0n) is 10.6. The number of amides is 1. The van der Waals surface area contributed by atoms with Crippen molar-refractivity contribution in [3.63, 3.8) is 0 Å². The van der Waals surface area contributed by atoms with E-state index >= 15 is 0 Å². The number of carbonyl (C=O) groups excluding carboxylic acids is 2. The highest BCUT2D eigenvalue weighted by Crippen LogP contribution is 2.25. The molecule has 6 nitrogen and oxygen atoms in total. The molecule has 1 heterocycles. The number of rotatable bonds is 1. The van der Waals surface area contributed by atoms with E-state index in [1.54, 1.807) is 20.8 Å². The Balaban J connectivity index is 2.62. The Kier molecular flexibility index (Phi) is 3.98.